The van der Waals surface area contributed by atoms with Crippen LogP contribution < -0.4 is 0 Å². The second-order valence-corrected chi connectivity index (χ2v) is 4.00. The molecular formula is C13H18O3. The highest BCUT2D eigenvalue weighted by atomic mass is 16.5. The Hall–Kier alpha value is -1.35. The van der Waals surface area contributed by atoms with Gasteiger partial charge in [0.2, 0.25) is 0 Å². The fraction of sp³-hybridized carbons (Fsp3) is 0.462. The van der Waals surface area contributed by atoms with Gasteiger partial charge in [0.25, 0.3) is 0 Å². The third-order valence-corrected chi connectivity index (χ3v) is 2.93. The molecule has 0 heterocycles. The van der Waals surface area contributed by atoms with Crippen LogP contribution in [0.2, 0.25) is 0 Å². The molecular weight excluding hydrogens is 204 g/mol. The molecule has 0 radical (unpaired) electrons. The van der Waals surface area contributed by atoms with E-state index in [1.807, 2.05) is 37.3 Å². The molecule has 1 aromatic carbocycles. The first-order valence-electron chi connectivity index (χ1n) is 5.39. The van der Waals surface area contributed by atoms with Crippen molar-refractivity contribution >= 4 is 5.97 Å². The number of rotatable bonds is 4. The van der Waals surface area contributed by atoms with Gasteiger partial charge in [-0.05, 0) is 18.9 Å². The van der Waals surface area contributed by atoms with Crippen molar-refractivity contribution in [3.8, 4) is 0 Å². The van der Waals surface area contributed by atoms with E-state index in [-0.39, 0.29) is 5.97 Å². The average molecular weight is 222 g/mol. The number of ether oxygens (including phenoxy) is 1. The Labute approximate surface area is 96.1 Å². The molecule has 0 amide bonds. The molecule has 0 fully saturated rings. The number of esters is 1. The molecule has 0 saturated heterocycles. The number of aliphatic hydroxyl groups is 1. The van der Waals surface area contributed by atoms with E-state index >= 15 is 0 Å². The second-order valence-electron chi connectivity index (χ2n) is 4.00. The van der Waals surface area contributed by atoms with Crippen LogP contribution in [0.25, 0.3) is 0 Å². The van der Waals surface area contributed by atoms with Crippen molar-refractivity contribution in [3.05, 3.63) is 35.9 Å². The molecule has 0 aliphatic heterocycles. The Kier molecular flexibility index (Phi) is 4.07. The van der Waals surface area contributed by atoms with E-state index in [0.29, 0.717) is 6.42 Å². The molecule has 2 atom stereocenters. The van der Waals surface area contributed by atoms with Crippen molar-refractivity contribution in [1.82, 2.24) is 0 Å². The van der Waals surface area contributed by atoms with E-state index in [1.54, 1.807) is 6.92 Å². The summed E-state index contributed by atoms with van der Waals surface area (Å²) >= 11 is 0. The van der Waals surface area contributed by atoms with Crippen molar-refractivity contribution in [1.29, 1.82) is 0 Å². The Morgan fingerprint density at radius 1 is 1.44 bits per heavy atom. The summed E-state index contributed by atoms with van der Waals surface area (Å²) in [5.74, 6) is -0.920. The molecule has 1 aromatic rings. The van der Waals surface area contributed by atoms with E-state index in [4.69, 9.17) is 4.74 Å². The van der Waals surface area contributed by atoms with Crippen molar-refractivity contribution in [3.63, 3.8) is 0 Å². The fourth-order valence-electron chi connectivity index (χ4n) is 1.91. The number of hydrogen-bond acceptors (Lipinski definition) is 3. The van der Waals surface area contributed by atoms with Gasteiger partial charge in [0, 0.05) is 0 Å². The maximum atomic E-state index is 11.6. The summed E-state index contributed by atoms with van der Waals surface area (Å²) in [7, 11) is 1.34. The summed E-state index contributed by atoms with van der Waals surface area (Å²) in [5.41, 5.74) is -0.462. The average Bonchev–Trinajstić information content (AvgIpc) is 2.30. The predicted molar refractivity (Wildman–Crippen MR) is 61.8 cm³/mol. The van der Waals surface area contributed by atoms with Crippen molar-refractivity contribution < 1.29 is 14.6 Å². The lowest BCUT2D eigenvalue weighted by molar-refractivity contribution is -0.155. The van der Waals surface area contributed by atoms with Gasteiger partial charge in [0.1, 0.15) is 5.60 Å². The molecule has 0 bridgehead atoms. The third kappa shape index (κ3) is 2.42. The van der Waals surface area contributed by atoms with Gasteiger partial charge in [0.15, 0.2) is 0 Å². The van der Waals surface area contributed by atoms with Gasteiger partial charge in [-0.15, -0.1) is 0 Å². The van der Waals surface area contributed by atoms with E-state index in [2.05, 4.69) is 0 Å². The quantitative estimate of drug-likeness (QED) is 0.793. The van der Waals surface area contributed by atoms with Gasteiger partial charge in [-0.1, -0.05) is 37.3 Å². The molecule has 16 heavy (non-hydrogen) atoms. The van der Waals surface area contributed by atoms with Crippen LogP contribution in [0.1, 0.15) is 25.8 Å². The van der Waals surface area contributed by atoms with Gasteiger partial charge in [-0.3, -0.25) is 4.79 Å². The summed E-state index contributed by atoms with van der Waals surface area (Å²) in [6.45, 7) is 3.51. The van der Waals surface area contributed by atoms with Gasteiger partial charge >= 0.3 is 5.97 Å². The number of carbonyl (C=O) groups is 1. The summed E-state index contributed by atoms with van der Waals surface area (Å²) < 4.78 is 4.71. The topological polar surface area (TPSA) is 46.5 Å². The number of carbonyl (C=O) groups excluding carboxylic acids is 1. The predicted octanol–water partition coefficient (Wildman–Crippen LogP) is 2.09. The fourth-order valence-corrected chi connectivity index (χ4v) is 1.91. The summed E-state index contributed by atoms with van der Waals surface area (Å²) in [5, 5.41) is 10.4. The molecule has 3 heteroatoms. The standard InChI is InChI=1S/C13H18O3/c1-4-11(12(14)16-3)13(2,15)10-8-6-5-7-9-10/h5-9,11,15H,4H2,1-3H3. The van der Waals surface area contributed by atoms with Crippen LogP contribution in [-0.2, 0) is 15.1 Å². The first kappa shape index (κ1) is 12.7. The summed E-state index contributed by atoms with van der Waals surface area (Å²) in [4.78, 5) is 11.6. The number of benzene rings is 1. The minimum absolute atomic E-state index is 0.378. The SMILES string of the molecule is CCC(C(=O)OC)C(C)(O)c1ccccc1. The highest BCUT2D eigenvalue weighted by molar-refractivity contribution is 5.74. The van der Waals surface area contributed by atoms with Gasteiger partial charge in [-0.2, -0.15) is 0 Å². The van der Waals surface area contributed by atoms with Crippen LogP contribution >= 0.6 is 0 Å². The minimum atomic E-state index is -1.19. The lowest BCUT2D eigenvalue weighted by Crippen LogP contribution is -2.37. The Morgan fingerprint density at radius 2 is 2.00 bits per heavy atom. The van der Waals surface area contributed by atoms with Crippen molar-refractivity contribution in [2.45, 2.75) is 25.9 Å². The summed E-state index contributed by atoms with van der Waals surface area (Å²) in [6, 6.07) is 9.18. The van der Waals surface area contributed by atoms with Crippen LogP contribution in [-0.4, -0.2) is 18.2 Å². The molecule has 0 aliphatic rings. The molecule has 88 valence electrons. The molecule has 2 unspecified atom stereocenters. The van der Waals surface area contributed by atoms with Crippen LogP contribution in [0.3, 0.4) is 0 Å². The Bertz CT molecular complexity index is 343. The normalized spacial score (nSPS) is 16.2. The molecule has 0 aromatic heterocycles. The molecule has 0 saturated carbocycles. The largest absolute Gasteiger partial charge is 0.469 e. The van der Waals surface area contributed by atoms with E-state index < -0.39 is 11.5 Å². The van der Waals surface area contributed by atoms with Crippen LogP contribution in [0.4, 0.5) is 0 Å². The van der Waals surface area contributed by atoms with Gasteiger partial charge in [0.05, 0.1) is 13.0 Å². The molecule has 0 aliphatic carbocycles. The van der Waals surface area contributed by atoms with Crippen LogP contribution in [0.5, 0.6) is 0 Å². The van der Waals surface area contributed by atoms with Gasteiger partial charge < -0.3 is 9.84 Å². The molecule has 1 N–H and O–H groups in total. The molecule has 0 spiro atoms. The van der Waals surface area contributed by atoms with E-state index in [9.17, 15) is 9.90 Å². The smallest absolute Gasteiger partial charge is 0.311 e. The minimum Gasteiger partial charge on any atom is -0.469 e. The third-order valence-electron chi connectivity index (χ3n) is 2.93. The van der Waals surface area contributed by atoms with Gasteiger partial charge in [-0.25, -0.2) is 0 Å². The zero-order valence-corrected chi connectivity index (χ0v) is 9.93. The maximum absolute atomic E-state index is 11.6. The summed E-state index contributed by atoms with van der Waals surface area (Å²) in [6.07, 6.45) is 0.536. The van der Waals surface area contributed by atoms with Crippen LogP contribution in [0.15, 0.2) is 30.3 Å². The molecule has 3 nitrogen and oxygen atoms in total. The van der Waals surface area contributed by atoms with Crippen LogP contribution in [0, 0.1) is 5.92 Å². The lowest BCUT2D eigenvalue weighted by Gasteiger charge is -2.30. The Morgan fingerprint density at radius 3 is 2.44 bits per heavy atom. The number of methoxy groups -OCH3 is 1. The van der Waals surface area contributed by atoms with Crippen molar-refractivity contribution in [2.24, 2.45) is 5.92 Å². The first-order valence-corrected chi connectivity index (χ1v) is 5.39. The maximum Gasteiger partial charge on any atom is 0.311 e. The number of hydrogen-bond donors (Lipinski definition) is 1. The van der Waals surface area contributed by atoms with E-state index in [1.165, 1.54) is 7.11 Å². The zero-order valence-electron chi connectivity index (χ0n) is 9.93. The highest BCUT2D eigenvalue weighted by Gasteiger charge is 2.38. The van der Waals surface area contributed by atoms with E-state index in [0.717, 1.165) is 5.56 Å². The zero-order chi connectivity index (χ0) is 12.2. The lowest BCUT2D eigenvalue weighted by atomic mass is 9.81. The monoisotopic (exact) mass is 222 g/mol. The molecule has 1 rings (SSSR count). The second kappa shape index (κ2) is 5.12. The van der Waals surface area contributed by atoms with Crippen molar-refractivity contribution in [2.75, 3.05) is 7.11 Å². The highest BCUT2D eigenvalue weighted by Crippen LogP contribution is 2.32. The Balaban J connectivity index is 3.04. The first-order chi connectivity index (χ1) is 7.54.